The van der Waals surface area contributed by atoms with Crippen molar-refractivity contribution in [1.29, 1.82) is 0 Å². The van der Waals surface area contributed by atoms with Crippen LogP contribution in [0.15, 0.2) is 30.7 Å². The van der Waals surface area contributed by atoms with E-state index in [4.69, 9.17) is 5.84 Å². The molecule has 0 spiro atoms. The van der Waals surface area contributed by atoms with Crippen LogP contribution in [0, 0.1) is 0 Å². The molecule has 2 aromatic heterocycles. The predicted octanol–water partition coefficient (Wildman–Crippen LogP) is -0.00880. The number of nitrogens with one attached hydrogen (secondary N) is 3. The Morgan fingerprint density at radius 1 is 1.06 bits per heavy atom. The van der Waals surface area contributed by atoms with Gasteiger partial charge in [0, 0.05) is 12.4 Å². The summed E-state index contributed by atoms with van der Waals surface area (Å²) in [6.45, 7) is 0. The molecule has 0 aliphatic carbocycles. The van der Waals surface area contributed by atoms with Gasteiger partial charge in [0.1, 0.15) is 5.69 Å². The first-order valence-electron chi connectivity index (χ1n) is 4.47. The van der Waals surface area contributed by atoms with Crippen LogP contribution in [0.25, 0.3) is 0 Å². The Morgan fingerprint density at radius 3 is 2.62 bits per heavy atom. The third-order valence-electron chi connectivity index (χ3n) is 1.73. The van der Waals surface area contributed by atoms with Crippen molar-refractivity contribution in [3.05, 3.63) is 30.7 Å². The van der Waals surface area contributed by atoms with Gasteiger partial charge in [0.15, 0.2) is 5.82 Å². The molecule has 8 nitrogen and oxygen atoms in total. The van der Waals surface area contributed by atoms with Gasteiger partial charge >= 0.3 is 0 Å². The highest BCUT2D eigenvalue weighted by Crippen LogP contribution is 2.14. The zero-order chi connectivity index (χ0) is 11.2. The molecule has 0 saturated carbocycles. The molecule has 0 amide bonds. The number of nitrogen functional groups attached to an aromatic ring is 1. The maximum absolute atomic E-state index is 5.27. The molecule has 0 aromatic carbocycles. The number of hydrazine groups is 2. The zero-order valence-corrected chi connectivity index (χ0v) is 8.25. The number of hydrogen-bond acceptors (Lipinski definition) is 8. The lowest BCUT2D eigenvalue weighted by Crippen LogP contribution is -2.16. The van der Waals surface area contributed by atoms with Crippen LogP contribution >= 0.6 is 0 Å². The van der Waals surface area contributed by atoms with E-state index in [-0.39, 0.29) is 0 Å². The van der Waals surface area contributed by atoms with Crippen molar-refractivity contribution in [2.24, 2.45) is 5.84 Å². The Balaban J connectivity index is 2.05. The SMILES string of the molecule is NNc1nnccc1NNc1ncccn1. The summed E-state index contributed by atoms with van der Waals surface area (Å²) in [5.74, 6) is 6.14. The predicted molar refractivity (Wildman–Crippen MR) is 59.1 cm³/mol. The van der Waals surface area contributed by atoms with E-state index in [1.54, 1.807) is 24.5 Å². The minimum Gasteiger partial charge on any atom is -0.305 e. The molecule has 8 heteroatoms. The third kappa shape index (κ3) is 2.30. The van der Waals surface area contributed by atoms with E-state index >= 15 is 0 Å². The van der Waals surface area contributed by atoms with Gasteiger partial charge in [-0.1, -0.05) is 0 Å². The van der Waals surface area contributed by atoms with Crippen LogP contribution < -0.4 is 22.1 Å². The smallest absolute Gasteiger partial charge is 0.241 e. The zero-order valence-electron chi connectivity index (χ0n) is 8.25. The van der Waals surface area contributed by atoms with Gasteiger partial charge in [0.25, 0.3) is 0 Å². The second-order valence-electron chi connectivity index (χ2n) is 2.76. The van der Waals surface area contributed by atoms with Crippen LogP contribution in [0.3, 0.4) is 0 Å². The van der Waals surface area contributed by atoms with Crippen molar-refractivity contribution in [2.45, 2.75) is 0 Å². The van der Waals surface area contributed by atoms with Crippen molar-refractivity contribution in [3.63, 3.8) is 0 Å². The van der Waals surface area contributed by atoms with Gasteiger partial charge in [-0.15, -0.1) is 5.10 Å². The molecular weight excluding hydrogens is 208 g/mol. The lowest BCUT2D eigenvalue weighted by Gasteiger charge is -2.09. The molecule has 0 atom stereocenters. The van der Waals surface area contributed by atoms with E-state index in [2.05, 4.69) is 36.4 Å². The van der Waals surface area contributed by atoms with Crippen molar-refractivity contribution >= 4 is 17.5 Å². The fourth-order valence-electron chi connectivity index (χ4n) is 1.03. The Morgan fingerprint density at radius 2 is 1.88 bits per heavy atom. The molecule has 82 valence electrons. The first kappa shape index (κ1) is 10.1. The fourth-order valence-corrected chi connectivity index (χ4v) is 1.03. The topological polar surface area (TPSA) is 114 Å². The van der Waals surface area contributed by atoms with Gasteiger partial charge < -0.3 is 5.43 Å². The molecule has 0 fully saturated rings. The monoisotopic (exact) mass is 218 g/mol. The van der Waals surface area contributed by atoms with E-state index in [9.17, 15) is 0 Å². The molecule has 0 aliphatic rings. The summed E-state index contributed by atoms with van der Waals surface area (Å²) in [4.78, 5) is 7.95. The highest BCUT2D eigenvalue weighted by Gasteiger charge is 2.01. The van der Waals surface area contributed by atoms with Crippen LogP contribution in [0.1, 0.15) is 0 Å². The van der Waals surface area contributed by atoms with Crippen molar-refractivity contribution in [1.82, 2.24) is 20.2 Å². The van der Waals surface area contributed by atoms with Crippen molar-refractivity contribution in [2.75, 3.05) is 16.3 Å². The summed E-state index contributed by atoms with van der Waals surface area (Å²) >= 11 is 0. The average molecular weight is 218 g/mol. The molecule has 2 rings (SSSR count). The highest BCUT2D eigenvalue weighted by atomic mass is 15.4. The summed E-state index contributed by atoms with van der Waals surface area (Å²) in [6, 6.07) is 3.43. The summed E-state index contributed by atoms with van der Waals surface area (Å²) in [5, 5.41) is 7.46. The molecular formula is C8H10N8. The minimum absolute atomic E-state index is 0.422. The Bertz CT molecular complexity index is 445. The van der Waals surface area contributed by atoms with E-state index < -0.39 is 0 Å². The number of hydrogen-bond donors (Lipinski definition) is 4. The Kier molecular flexibility index (Phi) is 3.04. The number of nitrogens with zero attached hydrogens (tertiary/aromatic N) is 4. The van der Waals surface area contributed by atoms with E-state index in [1.807, 2.05) is 0 Å². The van der Waals surface area contributed by atoms with Crippen LogP contribution in [0.2, 0.25) is 0 Å². The standard InChI is InChI=1S/C8H10N8/c9-13-7-6(2-5-12-15-7)14-16-8-10-3-1-4-11-8/h1-5H,9H2,(H,12,14)(H,13,15)(H,10,11,16). The maximum atomic E-state index is 5.27. The highest BCUT2D eigenvalue weighted by molar-refractivity contribution is 5.63. The minimum atomic E-state index is 0.422. The van der Waals surface area contributed by atoms with E-state index in [0.717, 1.165) is 0 Å². The largest absolute Gasteiger partial charge is 0.305 e. The number of anilines is 3. The number of rotatable bonds is 4. The first-order valence-corrected chi connectivity index (χ1v) is 4.47. The van der Waals surface area contributed by atoms with Crippen molar-refractivity contribution < 1.29 is 0 Å². The van der Waals surface area contributed by atoms with Crippen LogP contribution in [-0.4, -0.2) is 20.2 Å². The molecule has 16 heavy (non-hydrogen) atoms. The van der Waals surface area contributed by atoms with Crippen LogP contribution in [0.5, 0.6) is 0 Å². The molecule has 2 heterocycles. The second kappa shape index (κ2) is 4.84. The summed E-state index contributed by atoms with van der Waals surface area (Å²) in [5.41, 5.74) is 8.72. The molecule has 5 N–H and O–H groups in total. The lowest BCUT2D eigenvalue weighted by atomic mass is 10.4. The molecule has 0 aliphatic heterocycles. The fraction of sp³-hybridized carbons (Fsp3) is 0. The Labute approximate surface area is 91.3 Å². The van der Waals surface area contributed by atoms with Gasteiger partial charge in [-0.3, -0.25) is 10.9 Å². The van der Waals surface area contributed by atoms with E-state index in [1.165, 1.54) is 6.20 Å². The summed E-state index contributed by atoms with van der Waals surface area (Å²) < 4.78 is 0. The Hall–Kier alpha value is -2.48. The summed E-state index contributed by atoms with van der Waals surface area (Å²) in [7, 11) is 0. The average Bonchev–Trinajstić information content (AvgIpc) is 2.38. The lowest BCUT2D eigenvalue weighted by molar-refractivity contribution is 1.02. The number of nitrogens with two attached hydrogens (primary N) is 1. The van der Waals surface area contributed by atoms with Crippen molar-refractivity contribution in [3.8, 4) is 0 Å². The summed E-state index contributed by atoms with van der Waals surface area (Å²) in [6.07, 6.45) is 4.80. The molecule has 0 radical (unpaired) electrons. The third-order valence-corrected chi connectivity index (χ3v) is 1.73. The molecule has 0 unspecified atom stereocenters. The van der Waals surface area contributed by atoms with Gasteiger partial charge in [0.05, 0.1) is 6.20 Å². The molecule has 2 aromatic rings. The maximum Gasteiger partial charge on any atom is 0.241 e. The van der Waals surface area contributed by atoms with Gasteiger partial charge in [0.2, 0.25) is 5.95 Å². The van der Waals surface area contributed by atoms with Gasteiger partial charge in [-0.2, -0.15) is 5.10 Å². The second-order valence-corrected chi connectivity index (χ2v) is 2.76. The van der Waals surface area contributed by atoms with Gasteiger partial charge in [-0.05, 0) is 12.1 Å². The van der Waals surface area contributed by atoms with Crippen LogP contribution in [0.4, 0.5) is 17.5 Å². The normalized spacial score (nSPS) is 9.56. The molecule has 0 saturated heterocycles. The number of aromatic nitrogens is 4. The van der Waals surface area contributed by atoms with E-state index in [0.29, 0.717) is 17.5 Å². The quantitative estimate of drug-likeness (QED) is 0.418. The van der Waals surface area contributed by atoms with Crippen LogP contribution in [-0.2, 0) is 0 Å². The van der Waals surface area contributed by atoms with Gasteiger partial charge in [-0.25, -0.2) is 15.8 Å². The first-order chi connectivity index (χ1) is 7.90. The molecule has 0 bridgehead atoms.